The minimum atomic E-state index is -0.492. The van der Waals surface area contributed by atoms with Crippen molar-refractivity contribution in [2.75, 3.05) is 31.1 Å². The number of nitrogens with zero attached hydrogens (tertiary/aromatic N) is 3. The maximum atomic E-state index is 12.9. The highest BCUT2D eigenvalue weighted by atomic mass is 32.1. The third kappa shape index (κ3) is 5.83. The van der Waals surface area contributed by atoms with Crippen LogP contribution in [0.3, 0.4) is 0 Å². The molecule has 0 radical (unpaired) electrons. The van der Waals surface area contributed by atoms with E-state index >= 15 is 0 Å². The van der Waals surface area contributed by atoms with Crippen molar-refractivity contribution in [2.45, 2.75) is 39.7 Å². The predicted molar refractivity (Wildman–Crippen MR) is 137 cm³/mol. The first-order valence-electron chi connectivity index (χ1n) is 11.6. The Labute approximate surface area is 205 Å². The van der Waals surface area contributed by atoms with Gasteiger partial charge < -0.3 is 14.5 Å². The van der Waals surface area contributed by atoms with Crippen LogP contribution in [0.1, 0.15) is 40.9 Å². The minimum absolute atomic E-state index is 0.107. The lowest BCUT2D eigenvalue weighted by Gasteiger charge is -2.36. The van der Waals surface area contributed by atoms with Crippen molar-refractivity contribution in [3.63, 3.8) is 0 Å². The maximum absolute atomic E-state index is 12.9. The number of pyridine rings is 1. The Morgan fingerprint density at radius 1 is 1.03 bits per heavy atom. The van der Waals surface area contributed by atoms with Gasteiger partial charge in [0.1, 0.15) is 11.4 Å². The summed E-state index contributed by atoms with van der Waals surface area (Å²) in [6, 6.07) is 16.1. The SMILES string of the molecule is Cc1sc(C(=O)Cc2ccc(N3CCN(C(=O)OC(C)(C)C)CC3)nc2)cc1-c1ccccc1. The number of aromatic nitrogens is 1. The summed E-state index contributed by atoms with van der Waals surface area (Å²) in [7, 11) is 0. The standard InChI is InChI=1S/C27H31N3O3S/c1-19-22(21-8-6-5-7-9-21)17-24(34-19)23(31)16-20-10-11-25(28-18-20)29-12-14-30(15-13-29)26(32)33-27(2,3)4/h5-11,17-18H,12-16H2,1-4H3. The number of hydrogen-bond acceptors (Lipinski definition) is 6. The predicted octanol–water partition coefficient (Wildman–Crippen LogP) is 5.60. The van der Waals surface area contributed by atoms with E-state index in [0.717, 1.165) is 32.3 Å². The van der Waals surface area contributed by atoms with Gasteiger partial charge in [0.05, 0.1) is 4.88 Å². The molecule has 0 aliphatic carbocycles. The zero-order chi connectivity index (χ0) is 24.3. The minimum Gasteiger partial charge on any atom is -0.444 e. The number of ether oxygens (including phenoxy) is 1. The average Bonchev–Trinajstić information content (AvgIpc) is 3.21. The lowest BCUT2D eigenvalue weighted by molar-refractivity contribution is 0.0240. The summed E-state index contributed by atoms with van der Waals surface area (Å²) >= 11 is 1.55. The molecule has 34 heavy (non-hydrogen) atoms. The topological polar surface area (TPSA) is 62.7 Å². The zero-order valence-electron chi connectivity index (χ0n) is 20.2. The Morgan fingerprint density at radius 3 is 2.35 bits per heavy atom. The van der Waals surface area contributed by atoms with E-state index in [2.05, 4.69) is 28.9 Å². The summed E-state index contributed by atoms with van der Waals surface area (Å²) in [5.41, 5.74) is 2.66. The first-order valence-corrected chi connectivity index (χ1v) is 12.4. The lowest BCUT2D eigenvalue weighted by atomic mass is 10.0. The van der Waals surface area contributed by atoms with Gasteiger partial charge in [-0.1, -0.05) is 36.4 Å². The number of rotatable bonds is 5. The van der Waals surface area contributed by atoms with Gasteiger partial charge in [0.15, 0.2) is 5.78 Å². The molecular weight excluding hydrogens is 446 g/mol. The molecule has 0 saturated carbocycles. The summed E-state index contributed by atoms with van der Waals surface area (Å²) in [5.74, 6) is 0.967. The van der Waals surface area contributed by atoms with Gasteiger partial charge in [0, 0.05) is 43.7 Å². The molecule has 3 aromatic rings. The van der Waals surface area contributed by atoms with Crippen LogP contribution >= 0.6 is 11.3 Å². The fraction of sp³-hybridized carbons (Fsp3) is 0.370. The molecule has 1 amide bonds. The molecule has 1 aliphatic heterocycles. The van der Waals surface area contributed by atoms with Gasteiger partial charge >= 0.3 is 6.09 Å². The number of amides is 1. The molecule has 0 N–H and O–H groups in total. The molecule has 1 saturated heterocycles. The fourth-order valence-corrected chi connectivity index (χ4v) is 4.93. The van der Waals surface area contributed by atoms with Gasteiger partial charge in [-0.25, -0.2) is 9.78 Å². The number of hydrogen-bond donors (Lipinski definition) is 0. The molecule has 3 heterocycles. The van der Waals surface area contributed by atoms with E-state index in [4.69, 9.17) is 4.74 Å². The number of thiophene rings is 1. The van der Waals surface area contributed by atoms with Crippen LogP contribution < -0.4 is 4.90 Å². The van der Waals surface area contributed by atoms with Gasteiger partial charge in [-0.3, -0.25) is 4.79 Å². The molecule has 6 nitrogen and oxygen atoms in total. The van der Waals surface area contributed by atoms with E-state index in [-0.39, 0.29) is 11.9 Å². The number of anilines is 1. The Bertz CT molecular complexity index is 1140. The molecule has 0 spiro atoms. The molecule has 0 atom stereocenters. The number of aryl methyl sites for hydroxylation is 1. The van der Waals surface area contributed by atoms with Crippen molar-refractivity contribution in [3.8, 4) is 11.1 Å². The van der Waals surface area contributed by atoms with Crippen LogP contribution in [0, 0.1) is 6.92 Å². The number of carbonyl (C=O) groups excluding carboxylic acids is 2. The number of piperazine rings is 1. The number of Topliss-reactive ketones (excluding diaryl/α,β-unsaturated/α-hetero) is 1. The summed E-state index contributed by atoms with van der Waals surface area (Å²) < 4.78 is 5.46. The highest BCUT2D eigenvalue weighted by molar-refractivity contribution is 7.14. The largest absolute Gasteiger partial charge is 0.444 e. The number of benzene rings is 1. The molecule has 1 aromatic carbocycles. The summed E-state index contributed by atoms with van der Waals surface area (Å²) in [4.78, 5) is 35.6. The molecule has 1 aliphatic rings. The van der Waals surface area contributed by atoms with Crippen LogP contribution in [0.4, 0.5) is 10.6 Å². The third-order valence-electron chi connectivity index (χ3n) is 5.71. The molecule has 1 fully saturated rings. The van der Waals surface area contributed by atoms with Crippen molar-refractivity contribution in [1.29, 1.82) is 0 Å². The maximum Gasteiger partial charge on any atom is 0.410 e. The molecule has 0 bridgehead atoms. The van der Waals surface area contributed by atoms with Crippen LogP contribution in [0.15, 0.2) is 54.7 Å². The summed E-state index contributed by atoms with van der Waals surface area (Å²) in [6.45, 7) is 10.3. The Balaban J connectivity index is 1.34. The molecule has 0 unspecified atom stereocenters. The first-order chi connectivity index (χ1) is 16.2. The van der Waals surface area contributed by atoms with Gasteiger partial charge in [-0.15, -0.1) is 11.3 Å². The Morgan fingerprint density at radius 2 is 1.74 bits per heavy atom. The molecule has 7 heteroatoms. The van der Waals surface area contributed by atoms with E-state index in [1.54, 1.807) is 22.4 Å². The van der Waals surface area contributed by atoms with Crippen molar-refractivity contribution >= 4 is 29.0 Å². The highest BCUT2D eigenvalue weighted by Gasteiger charge is 2.26. The Hall–Kier alpha value is -3.19. The van der Waals surface area contributed by atoms with E-state index in [9.17, 15) is 9.59 Å². The zero-order valence-corrected chi connectivity index (χ0v) is 21.0. The normalized spacial score (nSPS) is 14.2. The highest BCUT2D eigenvalue weighted by Crippen LogP contribution is 2.31. The molecule has 178 valence electrons. The van der Waals surface area contributed by atoms with E-state index in [1.807, 2.05) is 57.2 Å². The number of ketones is 1. The van der Waals surface area contributed by atoms with Crippen molar-refractivity contribution < 1.29 is 14.3 Å². The third-order valence-corrected chi connectivity index (χ3v) is 6.80. The summed E-state index contributed by atoms with van der Waals surface area (Å²) in [6.07, 6.45) is 1.84. The quantitative estimate of drug-likeness (QED) is 0.448. The lowest BCUT2D eigenvalue weighted by Crippen LogP contribution is -2.50. The first kappa shape index (κ1) is 24.0. The second-order valence-electron chi connectivity index (χ2n) is 9.53. The second kappa shape index (κ2) is 9.97. The smallest absolute Gasteiger partial charge is 0.410 e. The van der Waals surface area contributed by atoms with Crippen LogP contribution in [0.25, 0.3) is 11.1 Å². The van der Waals surface area contributed by atoms with E-state index < -0.39 is 5.60 Å². The van der Waals surface area contributed by atoms with E-state index in [1.165, 1.54) is 0 Å². The fourth-order valence-electron chi connectivity index (χ4n) is 3.95. The van der Waals surface area contributed by atoms with Crippen molar-refractivity contribution in [3.05, 3.63) is 70.0 Å². The monoisotopic (exact) mass is 477 g/mol. The van der Waals surface area contributed by atoms with Gasteiger partial charge in [-0.2, -0.15) is 0 Å². The van der Waals surface area contributed by atoms with Gasteiger partial charge in [0.2, 0.25) is 0 Å². The molecule has 2 aromatic heterocycles. The van der Waals surface area contributed by atoms with Crippen LogP contribution in [0.2, 0.25) is 0 Å². The van der Waals surface area contributed by atoms with Crippen molar-refractivity contribution in [2.24, 2.45) is 0 Å². The van der Waals surface area contributed by atoms with Gasteiger partial charge in [0.25, 0.3) is 0 Å². The second-order valence-corrected chi connectivity index (χ2v) is 10.8. The van der Waals surface area contributed by atoms with Gasteiger partial charge in [-0.05, 0) is 56.5 Å². The molecular formula is C27H31N3O3S. The van der Waals surface area contributed by atoms with Crippen LogP contribution in [-0.4, -0.2) is 53.5 Å². The van der Waals surface area contributed by atoms with Crippen LogP contribution in [-0.2, 0) is 11.2 Å². The van der Waals surface area contributed by atoms with E-state index in [0.29, 0.717) is 32.6 Å². The number of carbonyl (C=O) groups is 2. The summed E-state index contributed by atoms with van der Waals surface area (Å²) in [5, 5.41) is 0. The Kier molecular flexibility index (Phi) is 7.03. The van der Waals surface area contributed by atoms with Crippen molar-refractivity contribution in [1.82, 2.24) is 9.88 Å². The molecule has 4 rings (SSSR count). The average molecular weight is 478 g/mol. The van der Waals surface area contributed by atoms with Crippen LogP contribution in [0.5, 0.6) is 0 Å².